The van der Waals surface area contributed by atoms with Crippen LogP contribution in [0, 0.1) is 5.82 Å². The van der Waals surface area contributed by atoms with Crippen LogP contribution < -0.4 is 34.7 Å². The summed E-state index contributed by atoms with van der Waals surface area (Å²) < 4.78 is 12.5. The Hall–Kier alpha value is -0.0900. The van der Waals surface area contributed by atoms with Crippen molar-refractivity contribution in [3.8, 4) is 0 Å². The molecule has 0 fully saturated rings. The average molecular weight is 197 g/mol. The summed E-state index contributed by atoms with van der Waals surface area (Å²) >= 11 is 5.30. The predicted molar refractivity (Wildman–Crippen MR) is 35.7 cm³/mol. The first-order chi connectivity index (χ1) is 5.11. The number of benzene rings is 1. The summed E-state index contributed by atoms with van der Waals surface area (Å²) in [6.45, 7) is 0. The molecule has 0 bridgehead atoms. The zero-order chi connectivity index (χ0) is 8.43. The van der Waals surface area contributed by atoms with Crippen LogP contribution in [0.1, 0.15) is 10.4 Å². The van der Waals surface area contributed by atoms with E-state index in [2.05, 4.69) is 0 Å². The van der Waals surface area contributed by atoms with Crippen LogP contribution in [0.5, 0.6) is 0 Å². The van der Waals surface area contributed by atoms with Gasteiger partial charge in [-0.1, -0.05) is 17.7 Å². The van der Waals surface area contributed by atoms with E-state index in [1.807, 2.05) is 0 Å². The molecule has 1 aromatic rings. The topological polar surface area (TPSA) is 40.1 Å². The number of hydrogen-bond donors (Lipinski definition) is 0. The molecule has 5 heteroatoms. The second kappa shape index (κ2) is 4.82. The van der Waals surface area contributed by atoms with Crippen molar-refractivity contribution in [2.24, 2.45) is 0 Å². The molecule has 0 saturated heterocycles. The maximum absolute atomic E-state index is 12.5. The third-order valence-electron chi connectivity index (χ3n) is 1.16. The van der Waals surface area contributed by atoms with Gasteiger partial charge in [-0.05, 0) is 12.1 Å². The van der Waals surface area contributed by atoms with Crippen molar-refractivity contribution in [1.29, 1.82) is 0 Å². The van der Waals surface area contributed by atoms with Gasteiger partial charge < -0.3 is 9.90 Å². The number of carboxylic acid groups (broad SMARTS) is 1. The van der Waals surface area contributed by atoms with Crippen LogP contribution in [0.25, 0.3) is 0 Å². The molecule has 1 rings (SSSR count). The minimum atomic E-state index is -1.42. The molecule has 1 aromatic carbocycles. The molecular formula is C7H3ClFNaO2. The number of hydrogen-bond acceptors (Lipinski definition) is 2. The molecule has 0 aliphatic carbocycles. The molecule has 0 aliphatic heterocycles. The zero-order valence-corrected chi connectivity index (χ0v) is 9.06. The van der Waals surface area contributed by atoms with E-state index in [9.17, 15) is 14.3 Å². The predicted octanol–water partition coefficient (Wildman–Crippen LogP) is -2.15. The zero-order valence-electron chi connectivity index (χ0n) is 6.30. The van der Waals surface area contributed by atoms with Gasteiger partial charge in [-0.2, -0.15) is 0 Å². The van der Waals surface area contributed by atoms with Crippen molar-refractivity contribution >= 4 is 17.6 Å². The molecule has 0 aliphatic rings. The molecule has 0 saturated carbocycles. The summed E-state index contributed by atoms with van der Waals surface area (Å²) in [5.74, 6) is -2.17. The molecule has 0 N–H and O–H groups in total. The third-order valence-corrected chi connectivity index (χ3v) is 1.46. The first kappa shape index (κ1) is 11.9. The van der Waals surface area contributed by atoms with Crippen molar-refractivity contribution < 1.29 is 43.8 Å². The van der Waals surface area contributed by atoms with E-state index < -0.39 is 11.8 Å². The molecule has 0 unspecified atom stereocenters. The van der Waals surface area contributed by atoms with E-state index in [1.165, 1.54) is 12.1 Å². The fourth-order valence-electron chi connectivity index (χ4n) is 0.623. The summed E-state index contributed by atoms with van der Waals surface area (Å²) in [4.78, 5) is 10.1. The Bertz CT molecular complexity index is 303. The van der Waals surface area contributed by atoms with Gasteiger partial charge >= 0.3 is 29.6 Å². The average Bonchev–Trinajstić information content (AvgIpc) is 1.94. The minimum absolute atomic E-state index is 0. The van der Waals surface area contributed by atoms with E-state index in [0.717, 1.165) is 6.07 Å². The largest absolute Gasteiger partial charge is 1.00 e. The Kier molecular flexibility index (Phi) is 4.78. The van der Waals surface area contributed by atoms with Crippen LogP contribution in [0.3, 0.4) is 0 Å². The Balaban J connectivity index is 0.00000121. The van der Waals surface area contributed by atoms with Crippen LogP contribution in [-0.2, 0) is 0 Å². The molecule has 0 atom stereocenters. The second-order valence-electron chi connectivity index (χ2n) is 1.92. The van der Waals surface area contributed by atoms with Gasteiger partial charge in [-0.15, -0.1) is 0 Å². The maximum atomic E-state index is 12.5. The van der Waals surface area contributed by atoms with Crippen LogP contribution in [-0.4, -0.2) is 5.97 Å². The maximum Gasteiger partial charge on any atom is 1.00 e. The van der Waals surface area contributed by atoms with Crippen molar-refractivity contribution in [3.05, 3.63) is 34.6 Å². The smallest absolute Gasteiger partial charge is 0.545 e. The first-order valence-corrected chi connectivity index (χ1v) is 3.15. The van der Waals surface area contributed by atoms with E-state index in [4.69, 9.17) is 11.6 Å². The molecule has 0 spiro atoms. The van der Waals surface area contributed by atoms with Crippen LogP contribution >= 0.6 is 11.6 Å². The molecular weight excluding hydrogens is 194 g/mol. The second-order valence-corrected chi connectivity index (χ2v) is 2.32. The van der Waals surface area contributed by atoms with E-state index in [0.29, 0.717) is 0 Å². The van der Waals surface area contributed by atoms with E-state index in [-0.39, 0.29) is 40.1 Å². The summed E-state index contributed by atoms with van der Waals surface area (Å²) in [5.41, 5.74) is -0.216. The van der Waals surface area contributed by atoms with Gasteiger partial charge in [0.05, 0.1) is 11.0 Å². The van der Waals surface area contributed by atoms with E-state index in [1.54, 1.807) is 0 Å². The molecule has 12 heavy (non-hydrogen) atoms. The summed E-state index contributed by atoms with van der Waals surface area (Å²) in [6, 6.07) is 3.17. The quantitative estimate of drug-likeness (QED) is 0.481. The first-order valence-electron chi connectivity index (χ1n) is 2.77. The molecule has 58 valence electrons. The standard InChI is InChI=1S/C7H4ClFO2.Na/c8-5-2-1-4(7(10)11)3-6(5)9;/h1-3H,(H,10,11);/q;+1/p-1. The van der Waals surface area contributed by atoms with Crippen molar-refractivity contribution in [2.45, 2.75) is 0 Å². The summed E-state index contributed by atoms with van der Waals surface area (Å²) in [7, 11) is 0. The van der Waals surface area contributed by atoms with Crippen LogP contribution in [0.4, 0.5) is 4.39 Å². The summed E-state index contributed by atoms with van der Waals surface area (Å²) in [6.07, 6.45) is 0. The minimum Gasteiger partial charge on any atom is -0.545 e. The van der Waals surface area contributed by atoms with Gasteiger partial charge in [-0.3, -0.25) is 0 Å². The third kappa shape index (κ3) is 2.75. The number of aromatic carboxylic acids is 1. The Morgan fingerprint density at radius 1 is 1.50 bits per heavy atom. The van der Waals surface area contributed by atoms with Crippen molar-refractivity contribution in [2.75, 3.05) is 0 Å². The fourth-order valence-corrected chi connectivity index (χ4v) is 0.741. The molecule has 0 heterocycles. The normalized spacial score (nSPS) is 8.83. The van der Waals surface area contributed by atoms with Crippen LogP contribution in [0.15, 0.2) is 18.2 Å². The number of halogens is 2. The molecule has 0 amide bonds. The summed E-state index contributed by atoms with van der Waals surface area (Å²) in [5, 5.41) is 10.0. The molecule has 0 aromatic heterocycles. The molecule has 0 radical (unpaired) electrons. The number of carbonyl (C=O) groups is 1. The van der Waals surface area contributed by atoms with Gasteiger partial charge in [0.15, 0.2) is 0 Å². The number of rotatable bonds is 1. The van der Waals surface area contributed by atoms with Gasteiger partial charge in [-0.25, -0.2) is 4.39 Å². The van der Waals surface area contributed by atoms with Crippen LogP contribution in [0.2, 0.25) is 5.02 Å². The number of carboxylic acids is 1. The van der Waals surface area contributed by atoms with Gasteiger partial charge in [0.25, 0.3) is 0 Å². The van der Waals surface area contributed by atoms with Crippen molar-refractivity contribution in [3.63, 3.8) is 0 Å². The Morgan fingerprint density at radius 3 is 2.50 bits per heavy atom. The monoisotopic (exact) mass is 196 g/mol. The van der Waals surface area contributed by atoms with Gasteiger partial charge in [0.2, 0.25) is 0 Å². The van der Waals surface area contributed by atoms with E-state index >= 15 is 0 Å². The fraction of sp³-hybridized carbons (Fsp3) is 0. The van der Waals surface area contributed by atoms with Gasteiger partial charge in [0, 0.05) is 5.56 Å². The number of carbonyl (C=O) groups excluding carboxylic acids is 1. The Labute approximate surface area is 95.6 Å². The Morgan fingerprint density at radius 2 is 2.08 bits per heavy atom. The van der Waals surface area contributed by atoms with Crippen molar-refractivity contribution in [1.82, 2.24) is 0 Å². The SMILES string of the molecule is O=C([O-])c1ccc(Cl)c(F)c1.[Na+]. The van der Waals surface area contributed by atoms with Gasteiger partial charge in [0.1, 0.15) is 5.82 Å². The molecule has 2 nitrogen and oxygen atoms in total.